The number of carbonyl (C=O) groups is 1. The largest absolute Gasteiger partial charge is 0.431 e. The van der Waals surface area contributed by atoms with Crippen LogP contribution in [0.3, 0.4) is 0 Å². The van der Waals surface area contributed by atoms with Crippen LogP contribution in [0, 0.1) is 5.92 Å². The average Bonchev–Trinajstić information content (AvgIpc) is 3.73. The second-order valence-electron chi connectivity index (χ2n) is 14.4. The van der Waals surface area contributed by atoms with Gasteiger partial charge in [-0.15, -0.1) is 0 Å². The molecule has 1 aliphatic rings. The van der Waals surface area contributed by atoms with Crippen molar-refractivity contribution in [3.8, 4) is 33.7 Å². The van der Waals surface area contributed by atoms with Crippen LogP contribution in [-0.4, -0.2) is 28.0 Å². The molecule has 8 nitrogen and oxygen atoms in total. The smallest absolute Gasteiger partial charge is 0.315 e. The number of aliphatic hydroxyl groups is 1. The fraction of sp³-hybridized carbons (Fsp3) is 0.184. The first kappa shape index (κ1) is 38.9. The summed E-state index contributed by atoms with van der Waals surface area (Å²) in [5.41, 5.74) is 9.58. The van der Waals surface area contributed by atoms with Gasteiger partial charge in [-0.05, 0) is 45.5 Å². The SMILES string of the molecule is CC1C(CSc2nc(-c3ccccc3)c(-c3ccccc3)o2)OC(c2cccc(-c3cccc(CNC(=O)NCc4ccccc4)c3)c2)OC1c1ccc(CO)cc1. The second kappa shape index (κ2) is 18.5. The van der Waals surface area contributed by atoms with Crippen LogP contribution >= 0.6 is 11.8 Å². The van der Waals surface area contributed by atoms with Gasteiger partial charge in [0.1, 0.15) is 5.69 Å². The Morgan fingerprint density at radius 1 is 0.638 bits per heavy atom. The number of thioether (sulfide) groups is 1. The van der Waals surface area contributed by atoms with Crippen LogP contribution in [-0.2, 0) is 29.2 Å². The van der Waals surface area contributed by atoms with E-state index < -0.39 is 6.29 Å². The highest BCUT2D eigenvalue weighted by Crippen LogP contribution is 2.44. The minimum absolute atomic E-state index is 0.0156. The van der Waals surface area contributed by atoms with Crippen molar-refractivity contribution in [3.05, 3.63) is 192 Å². The number of rotatable bonds is 13. The van der Waals surface area contributed by atoms with E-state index in [0.29, 0.717) is 24.1 Å². The van der Waals surface area contributed by atoms with Gasteiger partial charge in [0.25, 0.3) is 5.22 Å². The molecule has 2 heterocycles. The number of hydrogen-bond donors (Lipinski definition) is 3. The van der Waals surface area contributed by atoms with E-state index in [2.05, 4.69) is 41.8 Å². The number of carbonyl (C=O) groups excluding carboxylic acids is 1. The number of oxazole rings is 1. The summed E-state index contributed by atoms with van der Waals surface area (Å²) in [4.78, 5) is 17.6. The minimum Gasteiger partial charge on any atom is -0.431 e. The van der Waals surface area contributed by atoms with E-state index in [9.17, 15) is 9.90 Å². The summed E-state index contributed by atoms with van der Waals surface area (Å²) in [6.45, 7) is 2.98. The number of nitrogens with zero attached hydrogens (tertiary/aromatic N) is 1. The fourth-order valence-corrected chi connectivity index (χ4v) is 8.14. The molecule has 58 heavy (non-hydrogen) atoms. The summed E-state index contributed by atoms with van der Waals surface area (Å²) in [5.74, 6) is 1.30. The van der Waals surface area contributed by atoms with Crippen molar-refractivity contribution in [1.29, 1.82) is 0 Å². The Morgan fingerprint density at radius 3 is 1.95 bits per heavy atom. The first-order chi connectivity index (χ1) is 28.5. The van der Waals surface area contributed by atoms with Gasteiger partial charge in [-0.25, -0.2) is 9.78 Å². The highest BCUT2D eigenvalue weighted by atomic mass is 32.2. The molecule has 6 aromatic carbocycles. The van der Waals surface area contributed by atoms with Crippen LogP contribution in [0.2, 0.25) is 0 Å². The standard InChI is InChI=1S/C49H45N3O5S/c1-33-43(32-58-49-52-44(37-16-7-3-8-17-37)46(57-49)38-18-9-4-10-19-38)55-47(56-45(33)39-25-23-35(31-53)24-26-39)42-22-12-21-41(28-42)40-20-11-15-36(27-40)30-51-48(54)50-29-34-13-5-2-6-14-34/h2-28,33,43,45,47,53H,29-32H2,1H3,(H2,50,51,54). The predicted molar refractivity (Wildman–Crippen MR) is 228 cm³/mol. The van der Waals surface area contributed by atoms with Crippen molar-refractivity contribution in [2.75, 3.05) is 5.75 Å². The third kappa shape index (κ3) is 9.41. The Hall–Kier alpha value is -5.97. The molecule has 4 atom stereocenters. The topological polar surface area (TPSA) is 106 Å². The summed E-state index contributed by atoms with van der Waals surface area (Å²) in [6, 6.07) is 54.2. The number of aromatic nitrogens is 1. The minimum atomic E-state index is -0.647. The van der Waals surface area contributed by atoms with E-state index in [-0.39, 0.29) is 30.8 Å². The summed E-state index contributed by atoms with van der Waals surface area (Å²) in [5, 5.41) is 16.2. The summed E-state index contributed by atoms with van der Waals surface area (Å²) in [6.07, 6.45) is -1.14. The third-order valence-electron chi connectivity index (χ3n) is 10.4. The van der Waals surface area contributed by atoms with E-state index in [1.165, 1.54) is 11.8 Å². The maximum atomic E-state index is 12.6. The number of benzene rings is 6. The average molecular weight is 788 g/mol. The van der Waals surface area contributed by atoms with Gasteiger partial charge in [-0.3, -0.25) is 0 Å². The normalized spacial score (nSPS) is 17.8. The van der Waals surface area contributed by atoms with E-state index >= 15 is 0 Å². The molecule has 4 unspecified atom stereocenters. The van der Waals surface area contributed by atoms with Crippen molar-refractivity contribution in [2.24, 2.45) is 5.92 Å². The van der Waals surface area contributed by atoms with Crippen molar-refractivity contribution < 1.29 is 23.8 Å². The number of nitrogens with one attached hydrogen (secondary N) is 2. The second-order valence-corrected chi connectivity index (χ2v) is 15.3. The van der Waals surface area contributed by atoms with Gasteiger partial charge in [0.05, 0.1) is 18.8 Å². The molecule has 1 saturated heterocycles. The van der Waals surface area contributed by atoms with Gasteiger partial charge in [0.15, 0.2) is 12.1 Å². The van der Waals surface area contributed by atoms with Crippen LogP contribution in [0.1, 0.15) is 47.1 Å². The zero-order valence-corrected chi connectivity index (χ0v) is 33.0. The molecular weight excluding hydrogens is 743 g/mol. The quantitative estimate of drug-likeness (QED) is 0.0999. The molecule has 8 rings (SSSR count). The van der Waals surface area contributed by atoms with E-state index in [4.69, 9.17) is 18.9 Å². The zero-order valence-electron chi connectivity index (χ0n) is 32.2. The summed E-state index contributed by atoms with van der Waals surface area (Å²) < 4.78 is 20.1. The molecule has 1 aliphatic heterocycles. The molecule has 0 spiro atoms. The maximum absolute atomic E-state index is 12.6. The first-order valence-electron chi connectivity index (χ1n) is 19.5. The van der Waals surface area contributed by atoms with Crippen LogP contribution in [0.25, 0.3) is 33.7 Å². The highest BCUT2D eigenvalue weighted by molar-refractivity contribution is 7.99. The van der Waals surface area contributed by atoms with Gasteiger partial charge >= 0.3 is 6.03 Å². The molecule has 0 saturated carbocycles. The van der Waals surface area contributed by atoms with E-state index in [0.717, 1.165) is 61.5 Å². The molecule has 292 valence electrons. The lowest BCUT2D eigenvalue weighted by molar-refractivity contribution is -0.268. The molecule has 0 bridgehead atoms. The van der Waals surface area contributed by atoms with Crippen molar-refractivity contribution in [3.63, 3.8) is 0 Å². The van der Waals surface area contributed by atoms with Gasteiger partial charge in [-0.2, -0.15) is 0 Å². The highest BCUT2D eigenvalue weighted by Gasteiger charge is 2.39. The molecule has 2 amide bonds. The van der Waals surface area contributed by atoms with Gasteiger partial charge < -0.3 is 29.6 Å². The van der Waals surface area contributed by atoms with Crippen molar-refractivity contribution in [2.45, 2.75) is 50.3 Å². The first-order valence-corrected chi connectivity index (χ1v) is 20.5. The Kier molecular flexibility index (Phi) is 12.4. The fourth-order valence-electron chi connectivity index (χ4n) is 7.15. The third-order valence-corrected chi connectivity index (χ3v) is 11.3. The Labute approximate surface area is 343 Å². The number of hydrogen-bond acceptors (Lipinski definition) is 7. The van der Waals surface area contributed by atoms with Crippen molar-refractivity contribution >= 4 is 17.8 Å². The maximum Gasteiger partial charge on any atom is 0.315 e. The molecule has 7 aromatic rings. The van der Waals surface area contributed by atoms with E-state index in [1.54, 1.807) is 0 Å². The predicted octanol–water partition coefficient (Wildman–Crippen LogP) is 10.8. The van der Waals surface area contributed by atoms with Crippen LogP contribution in [0.4, 0.5) is 4.79 Å². The lowest BCUT2D eigenvalue weighted by Gasteiger charge is -2.41. The molecule has 0 radical (unpaired) electrons. The molecule has 3 N–H and O–H groups in total. The number of ether oxygens (including phenoxy) is 2. The lowest BCUT2D eigenvalue weighted by Crippen LogP contribution is -2.38. The summed E-state index contributed by atoms with van der Waals surface area (Å²) in [7, 11) is 0. The molecule has 9 heteroatoms. The van der Waals surface area contributed by atoms with Crippen LogP contribution in [0.15, 0.2) is 173 Å². The van der Waals surface area contributed by atoms with Crippen molar-refractivity contribution in [1.82, 2.24) is 15.6 Å². The Morgan fingerprint density at radius 2 is 1.24 bits per heavy atom. The zero-order chi connectivity index (χ0) is 39.7. The van der Waals surface area contributed by atoms with E-state index in [1.807, 2.05) is 140 Å². The Balaban J connectivity index is 1.01. The van der Waals surface area contributed by atoms with Gasteiger partial charge in [0, 0.05) is 41.5 Å². The Bertz CT molecular complexity index is 2350. The number of aliphatic hydroxyl groups excluding tert-OH is 1. The lowest BCUT2D eigenvalue weighted by atomic mass is 9.91. The monoisotopic (exact) mass is 787 g/mol. The van der Waals surface area contributed by atoms with Gasteiger partial charge in [-0.1, -0.05) is 170 Å². The number of amides is 2. The summed E-state index contributed by atoms with van der Waals surface area (Å²) >= 11 is 1.54. The van der Waals surface area contributed by atoms with Crippen LogP contribution in [0.5, 0.6) is 0 Å². The van der Waals surface area contributed by atoms with Crippen LogP contribution < -0.4 is 10.6 Å². The van der Waals surface area contributed by atoms with Gasteiger partial charge in [0.2, 0.25) is 0 Å². The molecule has 1 fully saturated rings. The molecular formula is C49H45N3O5S. The number of urea groups is 1. The molecule has 0 aliphatic carbocycles. The molecule has 1 aromatic heterocycles.